The molecule has 0 saturated carbocycles. The van der Waals surface area contributed by atoms with Crippen LogP contribution in [0.4, 0.5) is 0 Å². The molecule has 1 unspecified atom stereocenters. The van der Waals surface area contributed by atoms with E-state index in [9.17, 15) is 4.79 Å². The molecule has 2 aromatic rings. The zero-order chi connectivity index (χ0) is 17.8. The zero-order valence-electron chi connectivity index (χ0n) is 14.5. The van der Waals surface area contributed by atoms with Gasteiger partial charge in [-0.2, -0.15) is 5.10 Å². The average molecular weight is 379 g/mol. The Morgan fingerprint density at radius 1 is 1.48 bits per heavy atom. The van der Waals surface area contributed by atoms with E-state index >= 15 is 0 Å². The smallest absolute Gasteiger partial charge is 0.244 e. The monoisotopic (exact) mass is 378 g/mol. The number of hydrogen-bond donors (Lipinski definition) is 1. The molecular formula is C18H23ClN4OS. The second kappa shape index (κ2) is 8.17. The molecule has 3 rings (SSSR count). The molecule has 25 heavy (non-hydrogen) atoms. The lowest BCUT2D eigenvalue weighted by atomic mass is 10.2. The highest BCUT2D eigenvalue weighted by Crippen LogP contribution is 2.27. The second-order valence-corrected chi connectivity index (χ2v) is 7.60. The third-order valence-corrected chi connectivity index (χ3v) is 5.94. The van der Waals surface area contributed by atoms with Crippen LogP contribution in [0.1, 0.15) is 35.0 Å². The third-order valence-electron chi connectivity index (χ3n) is 4.52. The van der Waals surface area contributed by atoms with E-state index in [-0.39, 0.29) is 11.9 Å². The van der Waals surface area contributed by atoms with Crippen LogP contribution in [0.15, 0.2) is 23.6 Å². The lowest BCUT2D eigenvalue weighted by molar-refractivity contribution is -0.116. The Labute approximate surface area is 157 Å². The van der Waals surface area contributed by atoms with Gasteiger partial charge in [-0.1, -0.05) is 17.7 Å². The van der Waals surface area contributed by atoms with Crippen molar-refractivity contribution >= 4 is 34.9 Å². The van der Waals surface area contributed by atoms with Crippen LogP contribution in [-0.2, 0) is 11.8 Å². The molecule has 1 atom stereocenters. The fourth-order valence-electron chi connectivity index (χ4n) is 3.19. The highest BCUT2D eigenvalue weighted by atomic mass is 35.5. The van der Waals surface area contributed by atoms with Gasteiger partial charge in [0.25, 0.3) is 0 Å². The normalized spacial score (nSPS) is 16.6. The molecule has 1 aliphatic heterocycles. The largest absolute Gasteiger partial charge is 0.351 e. The molecule has 2 aromatic heterocycles. The molecule has 1 N–H and O–H groups in total. The summed E-state index contributed by atoms with van der Waals surface area (Å²) < 4.78 is 1.61. The van der Waals surface area contributed by atoms with Crippen molar-refractivity contribution < 1.29 is 4.79 Å². The second-order valence-electron chi connectivity index (χ2n) is 6.27. The summed E-state index contributed by atoms with van der Waals surface area (Å²) in [4.78, 5) is 16.0. The van der Waals surface area contributed by atoms with E-state index in [1.807, 2.05) is 6.92 Å². The van der Waals surface area contributed by atoms with Crippen LogP contribution < -0.4 is 5.32 Å². The predicted octanol–water partition coefficient (Wildman–Crippen LogP) is 3.41. The molecule has 0 radical (unpaired) electrons. The van der Waals surface area contributed by atoms with Crippen LogP contribution in [0.25, 0.3) is 6.08 Å². The number of thiophene rings is 1. The number of rotatable bonds is 6. The van der Waals surface area contributed by atoms with Crippen molar-refractivity contribution in [2.24, 2.45) is 7.05 Å². The summed E-state index contributed by atoms with van der Waals surface area (Å²) in [5.41, 5.74) is 1.60. The molecule has 3 heterocycles. The van der Waals surface area contributed by atoms with Crippen molar-refractivity contribution in [3.8, 4) is 0 Å². The van der Waals surface area contributed by atoms with Gasteiger partial charge in [0.1, 0.15) is 5.15 Å². The lowest BCUT2D eigenvalue weighted by Gasteiger charge is -2.26. The number of nitrogens with zero attached hydrogens (tertiary/aromatic N) is 3. The minimum Gasteiger partial charge on any atom is -0.351 e. The molecule has 7 heteroatoms. The summed E-state index contributed by atoms with van der Waals surface area (Å²) in [6.07, 6.45) is 5.73. The molecule has 1 fully saturated rings. The highest BCUT2D eigenvalue weighted by Gasteiger charge is 2.24. The van der Waals surface area contributed by atoms with Crippen LogP contribution in [0.5, 0.6) is 0 Å². The van der Waals surface area contributed by atoms with E-state index < -0.39 is 0 Å². The van der Waals surface area contributed by atoms with Crippen molar-refractivity contribution in [1.29, 1.82) is 0 Å². The van der Waals surface area contributed by atoms with E-state index in [4.69, 9.17) is 11.6 Å². The van der Waals surface area contributed by atoms with Crippen LogP contribution in [-0.4, -0.2) is 40.2 Å². The van der Waals surface area contributed by atoms with E-state index in [1.54, 1.807) is 29.1 Å². The van der Waals surface area contributed by atoms with Crippen LogP contribution in [0.2, 0.25) is 5.15 Å². The Balaban J connectivity index is 1.62. The van der Waals surface area contributed by atoms with Crippen LogP contribution >= 0.6 is 22.9 Å². The van der Waals surface area contributed by atoms with Crippen LogP contribution in [0, 0.1) is 6.92 Å². The van der Waals surface area contributed by atoms with E-state index in [0.29, 0.717) is 11.7 Å². The topological polar surface area (TPSA) is 50.2 Å². The van der Waals surface area contributed by atoms with Gasteiger partial charge in [0.2, 0.25) is 5.91 Å². The molecule has 0 aromatic carbocycles. The number of carbonyl (C=O) groups is 1. The first kappa shape index (κ1) is 18.2. The number of likely N-dealkylation sites (tertiary alicyclic amines) is 1. The van der Waals surface area contributed by atoms with Crippen molar-refractivity contribution in [2.45, 2.75) is 25.8 Å². The van der Waals surface area contributed by atoms with Gasteiger partial charge >= 0.3 is 0 Å². The van der Waals surface area contributed by atoms with E-state index in [1.165, 1.54) is 23.8 Å². The first-order valence-electron chi connectivity index (χ1n) is 8.48. The van der Waals surface area contributed by atoms with Gasteiger partial charge in [0, 0.05) is 30.1 Å². The number of amides is 1. The van der Waals surface area contributed by atoms with E-state index in [2.05, 4.69) is 32.8 Å². The Morgan fingerprint density at radius 2 is 2.24 bits per heavy atom. The first-order chi connectivity index (χ1) is 12.1. The Morgan fingerprint density at radius 3 is 2.84 bits per heavy atom. The predicted molar refractivity (Wildman–Crippen MR) is 103 cm³/mol. The average Bonchev–Trinajstić information content (AvgIpc) is 3.32. The molecule has 0 bridgehead atoms. The summed E-state index contributed by atoms with van der Waals surface area (Å²) in [6.45, 7) is 4.69. The molecule has 5 nitrogen and oxygen atoms in total. The number of aryl methyl sites for hydroxylation is 2. The maximum absolute atomic E-state index is 12.3. The summed E-state index contributed by atoms with van der Waals surface area (Å²) in [5, 5.41) is 9.91. The maximum atomic E-state index is 12.3. The van der Waals surface area contributed by atoms with Gasteiger partial charge in [-0.05, 0) is 50.4 Å². The minimum absolute atomic E-state index is 0.111. The van der Waals surface area contributed by atoms with Crippen molar-refractivity contribution in [2.75, 3.05) is 19.6 Å². The molecule has 1 amide bonds. The Bertz CT molecular complexity index is 747. The summed E-state index contributed by atoms with van der Waals surface area (Å²) >= 11 is 7.94. The molecule has 0 aliphatic carbocycles. The van der Waals surface area contributed by atoms with Gasteiger partial charge in [-0.3, -0.25) is 14.4 Å². The first-order valence-corrected chi connectivity index (χ1v) is 9.74. The SMILES string of the molecule is Cc1nn(C)c(Cl)c1/C=C/C(=O)NCC(c1cccs1)N1CCCC1. The summed E-state index contributed by atoms with van der Waals surface area (Å²) in [7, 11) is 1.79. The maximum Gasteiger partial charge on any atom is 0.244 e. The Kier molecular flexibility index (Phi) is 5.93. The van der Waals surface area contributed by atoms with Gasteiger partial charge in [0.05, 0.1) is 11.7 Å². The summed E-state index contributed by atoms with van der Waals surface area (Å²) in [6, 6.07) is 4.47. The Hall–Kier alpha value is -1.63. The van der Waals surface area contributed by atoms with Crippen molar-refractivity contribution in [3.63, 3.8) is 0 Å². The summed E-state index contributed by atoms with van der Waals surface area (Å²) in [5.74, 6) is -0.111. The standard InChI is InChI=1S/C18H23ClN4OS/c1-13-14(18(19)22(2)21-13)7-8-17(24)20-12-15(16-6-5-11-25-16)23-9-3-4-10-23/h5-8,11,15H,3-4,9-10,12H2,1-2H3,(H,20,24)/b8-7+. The highest BCUT2D eigenvalue weighted by molar-refractivity contribution is 7.10. The minimum atomic E-state index is -0.111. The van der Waals surface area contributed by atoms with Crippen molar-refractivity contribution in [1.82, 2.24) is 20.0 Å². The van der Waals surface area contributed by atoms with Gasteiger partial charge in [0.15, 0.2) is 0 Å². The number of halogens is 1. The number of hydrogen-bond acceptors (Lipinski definition) is 4. The number of carbonyl (C=O) groups excluding carboxylic acids is 1. The van der Waals surface area contributed by atoms with Gasteiger partial charge in [-0.25, -0.2) is 0 Å². The fourth-order valence-corrected chi connectivity index (χ4v) is 4.29. The fraction of sp³-hybridized carbons (Fsp3) is 0.444. The van der Waals surface area contributed by atoms with Crippen LogP contribution in [0.3, 0.4) is 0 Å². The zero-order valence-corrected chi connectivity index (χ0v) is 16.1. The molecule has 1 aliphatic rings. The molecule has 134 valence electrons. The van der Waals surface area contributed by atoms with Gasteiger partial charge in [-0.15, -0.1) is 11.3 Å². The third kappa shape index (κ3) is 4.32. The molecule has 1 saturated heterocycles. The lowest BCUT2D eigenvalue weighted by Crippen LogP contribution is -2.35. The molecule has 0 spiro atoms. The number of nitrogens with one attached hydrogen (secondary N) is 1. The van der Waals surface area contributed by atoms with Gasteiger partial charge < -0.3 is 5.32 Å². The van der Waals surface area contributed by atoms with Crippen molar-refractivity contribution in [3.05, 3.63) is 44.9 Å². The number of aromatic nitrogens is 2. The quantitative estimate of drug-likeness (QED) is 0.783. The molecular weight excluding hydrogens is 356 g/mol. The van der Waals surface area contributed by atoms with E-state index in [0.717, 1.165) is 24.3 Å².